The van der Waals surface area contributed by atoms with Gasteiger partial charge in [-0.3, -0.25) is 4.79 Å². The van der Waals surface area contributed by atoms with Crippen LogP contribution in [0.4, 0.5) is 0 Å². The molecule has 1 atom stereocenters. The molecule has 0 radical (unpaired) electrons. The van der Waals surface area contributed by atoms with Crippen molar-refractivity contribution >= 4 is 17.7 Å². The van der Waals surface area contributed by atoms with Crippen LogP contribution in [0.2, 0.25) is 0 Å². The summed E-state index contributed by atoms with van der Waals surface area (Å²) in [5, 5.41) is -0.0291. The normalized spacial score (nSPS) is 20.6. The minimum atomic E-state index is -0.0291. The molecule has 150 valence electrons. The lowest BCUT2D eigenvalue weighted by atomic mass is 9.86. The van der Waals surface area contributed by atoms with Gasteiger partial charge in [-0.05, 0) is 18.4 Å². The van der Waals surface area contributed by atoms with Crippen molar-refractivity contribution in [2.45, 2.75) is 50.3 Å². The van der Waals surface area contributed by atoms with E-state index in [1.54, 1.807) is 33.1 Å². The number of thioether (sulfide) groups is 1. The second kappa shape index (κ2) is 9.58. The summed E-state index contributed by atoms with van der Waals surface area (Å²) < 4.78 is 16.4. The highest BCUT2D eigenvalue weighted by Crippen LogP contribution is 2.46. The molecule has 6 heteroatoms. The van der Waals surface area contributed by atoms with E-state index in [0.717, 1.165) is 35.9 Å². The van der Waals surface area contributed by atoms with Crippen LogP contribution in [-0.2, 0) is 4.79 Å². The van der Waals surface area contributed by atoms with Gasteiger partial charge < -0.3 is 19.1 Å². The fraction of sp³-hybridized carbons (Fsp3) is 0.667. The molecule has 2 aliphatic rings. The molecule has 1 unspecified atom stereocenters. The Morgan fingerprint density at radius 2 is 1.70 bits per heavy atom. The predicted octanol–water partition coefficient (Wildman–Crippen LogP) is 4.65. The molecule has 1 saturated carbocycles. The van der Waals surface area contributed by atoms with E-state index < -0.39 is 0 Å². The maximum atomic E-state index is 13.0. The Balaban J connectivity index is 1.74. The smallest absolute Gasteiger partial charge is 0.223 e. The first-order valence-electron chi connectivity index (χ1n) is 9.89. The molecule has 0 N–H and O–H groups in total. The standard InChI is InChI=1S/C21H31NO4S/c1-24-17-14-19(26-3)18(25-2)13-16(17)21-22(11-12-27-21)20(23)10-9-15-7-5-4-6-8-15/h13-15,21H,4-12H2,1-3H3. The lowest BCUT2D eigenvalue weighted by Gasteiger charge is -2.27. The summed E-state index contributed by atoms with van der Waals surface area (Å²) in [6.07, 6.45) is 8.25. The van der Waals surface area contributed by atoms with Crippen LogP contribution in [0.1, 0.15) is 55.9 Å². The molecule has 1 aromatic carbocycles. The van der Waals surface area contributed by atoms with E-state index in [-0.39, 0.29) is 11.3 Å². The fourth-order valence-corrected chi connectivity index (χ4v) is 5.47. The first-order chi connectivity index (χ1) is 13.2. The Morgan fingerprint density at radius 3 is 2.37 bits per heavy atom. The van der Waals surface area contributed by atoms with Gasteiger partial charge in [0.25, 0.3) is 0 Å². The molecule has 27 heavy (non-hydrogen) atoms. The van der Waals surface area contributed by atoms with Gasteiger partial charge >= 0.3 is 0 Å². The van der Waals surface area contributed by atoms with Gasteiger partial charge in [0.2, 0.25) is 5.91 Å². The summed E-state index contributed by atoms with van der Waals surface area (Å²) >= 11 is 1.78. The van der Waals surface area contributed by atoms with Crippen LogP contribution in [0.25, 0.3) is 0 Å². The van der Waals surface area contributed by atoms with Gasteiger partial charge in [0, 0.05) is 30.3 Å². The molecule has 5 nitrogen and oxygen atoms in total. The third-order valence-corrected chi connectivity index (χ3v) is 6.95. The summed E-state index contributed by atoms with van der Waals surface area (Å²) in [6, 6.07) is 3.79. The number of hydrogen-bond acceptors (Lipinski definition) is 5. The van der Waals surface area contributed by atoms with E-state index in [2.05, 4.69) is 0 Å². The van der Waals surface area contributed by atoms with Gasteiger partial charge in [-0.1, -0.05) is 32.1 Å². The number of hydrogen-bond donors (Lipinski definition) is 0. The molecule has 3 rings (SSSR count). The number of rotatable bonds is 7. The van der Waals surface area contributed by atoms with Crippen LogP contribution in [0, 0.1) is 5.92 Å². The summed E-state index contributed by atoms with van der Waals surface area (Å²) in [5.41, 5.74) is 0.976. The van der Waals surface area contributed by atoms with Crippen LogP contribution in [-0.4, -0.2) is 44.4 Å². The van der Waals surface area contributed by atoms with Gasteiger partial charge in [0.1, 0.15) is 11.1 Å². The molecular weight excluding hydrogens is 362 g/mol. The van der Waals surface area contributed by atoms with Crippen LogP contribution in [0.3, 0.4) is 0 Å². The monoisotopic (exact) mass is 393 g/mol. The van der Waals surface area contributed by atoms with E-state index in [0.29, 0.717) is 17.9 Å². The highest BCUT2D eigenvalue weighted by atomic mass is 32.2. The Kier molecular flexibility index (Phi) is 7.16. The molecule has 0 bridgehead atoms. The van der Waals surface area contributed by atoms with Gasteiger partial charge in [0.15, 0.2) is 11.5 Å². The van der Waals surface area contributed by atoms with E-state index >= 15 is 0 Å². The zero-order chi connectivity index (χ0) is 19.2. The molecule has 0 aromatic heterocycles. The van der Waals surface area contributed by atoms with Crippen LogP contribution in [0.5, 0.6) is 17.2 Å². The number of carbonyl (C=O) groups excluding carboxylic acids is 1. The van der Waals surface area contributed by atoms with Gasteiger partial charge in [-0.2, -0.15) is 0 Å². The Morgan fingerprint density at radius 1 is 1.04 bits per heavy atom. The summed E-state index contributed by atoms with van der Waals surface area (Å²) in [6.45, 7) is 0.788. The maximum absolute atomic E-state index is 13.0. The number of nitrogens with zero attached hydrogens (tertiary/aromatic N) is 1. The van der Waals surface area contributed by atoms with E-state index in [1.807, 2.05) is 17.0 Å². The Hall–Kier alpha value is -1.56. The summed E-state index contributed by atoms with van der Waals surface area (Å²) in [4.78, 5) is 15.0. The molecule has 1 amide bonds. The van der Waals surface area contributed by atoms with Crippen molar-refractivity contribution in [2.24, 2.45) is 5.92 Å². The lowest BCUT2D eigenvalue weighted by Crippen LogP contribution is -2.31. The Bertz CT molecular complexity index is 645. The average molecular weight is 394 g/mol. The maximum Gasteiger partial charge on any atom is 0.223 e. The fourth-order valence-electron chi connectivity index (χ4n) is 4.18. The number of benzene rings is 1. The van der Waals surface area contributed by atoms with Gasteiger partial charge in [-0.25, -0.2) is 0 Å². The molecule has 1 aliphatic heterocycles. The second-order valence-corrected chi connectivity index (χ2v) is 8.49. The summed E-state index contributed by atoms with van der Waals surface area (Å²) in [7, 11) is 4.89. The lowest BCUT2D eigenvalue weighted by molar-refractivity contribution is -0.131. The zero-order valence-electron chi connectivity index (χ0n) is 16.7. The SMILES string of the molecule is COc1cc(OC)c(C2SCCN2C(=O)CCC2CCCCC2)cc1OC. The first kappa shape index (κ1) is 20.2. The van der Waals surface area contributed by atoms with Crippen molar-refractivity contribution in [3.05, 3.63) is 17.7 Å². The average Bonchev–Trinajstić information content (AvgIpc) is 3.21. The summed E-state index contributed by atoms with van der Waals surface area (Å²) in [5.74, 6) is 3.96. The molecule has 2 fully saturated rings. The third-order valence-electron chi connectivity index (χ3n) is 5.70. The zero-order valence-corrected chi connectivity index (χ0v) is 17.5. The highest BCUT2D eigenvalue weighted by Gasteiger charge is 2.33. The van der Waals surface area contributed by atoms with Crippen molar-refractivity contribution in [1.82, 2.24) is 4.90 Å². The van der Waals surface area contributed by atoms with Crippen LogP contribution in [0.15, 0.2) is 12.1 Å². The largest absolute Gasteiger partial charge is 0.496 e. The number of amides is 1. The van der Waals surface area contributed by atoms with Crippen molar-refractivity contribution in [3.8, 4) is 17.2 Å². The molecule has 1 heterocycles. The topological polar surface area (TPSA) is 48.0 Å². The van der Waals surface area contributed by atoms with Crippen molar-refractivity contribution < 1.29 is 19.0 Å². The van der Waals surface area contributed by atoms with Crippen LogP contribution < -0.4 is 14.2 Å². The third kappa shape index (κ3) is 4.65. The van der Waals surface area contributed by atoms with E-state index in [1.165, 1.54) is 32.1 Å². The molecule has 1 saturated heterocycles. The molecular formula is C21H31NO4S. The predicted molar refractivity (Wildman–Crippen MR) is 109 cm³/mol. The number of carbonyl (C=O) groups is 1. The Labute approximate surface area is 166 Å². The second-order valence-electron chi connectivity index (χ2n) is 7.30. The van der Waals surface area contributed by atoms with E-state index in [4.69, 9.17) is 14.2 Å². The van der Waals surface area contributed by atoms with E-state index in [9.17, 15) is 4.79 Å². The molecule has 0 spiro atoms. The van der Waals surface area contributed by atoms with Crippen LogP contribution >= 0.6 is 11.8 Å². The van der Waals surface area contributed by atoms with Crippen molar-refractivity contribution in [1.29, 1.82) is 0 Å². The molecule has 1 aliphatic carbocycles. The van der Waals surface area contributed by atoms with Crippen molar-refractivity contribution in [3.63, 3.8) is 0 Å². The number of methoxy groups -OCH3 is 3. The quantitative estimate of drug-likeness (QED) is 0.675. The number of ether oxygens (including phenoxy) is 3. The minimum absolute atomic E-state index is 0.0291. The van der Waals surface area contributed by atoms with Gasteiger partial charge in [0.05, 0.1) is 21.3 Å². The van der Waals surface area contributed by atoms with Gasteiger partial charge in [-0.15, -0.1) is 11.8 Å². The highest BCUT2D eigenvalue weighted by molar-refractivity contribution is 7.99. The van der Waals surface area contributed by atoms with Crippen molar-refractivity contribution in [2.75, 3.05) is 33.6 Å². The molecule has 1 aromatic rings. The minimum Gasteiger partial charge on any atom is -0.496 e. The first-order valence-corrected chi connectivity index (χ1v) is 10.9.